The van der Waals surface area contributed by atoms with E-state index < -0.39 is 60.2 Å². The van der Waals surface area contributed by atoms with Gasteiger partial charge in [-0.25, -0.2) is 0 Å². The summed E-state index contributed by atoms with van der Waals surface area (Å²) in [6.45, 7) is 3.48. The third-order valence-corrected chi connectivity index (χ3v) is 6.90. The first-order chi connectivity index (χ1) is 21.4. The molecule has 0 fully saturated rings. The lowest BCUT2D eigenvalue weighted by atomic mass is 10.0. The van der Waals surface area contributed by atoms with Crippen molar-refractivity contribution in [1.82, 2.24) is 16.0 Å². The van der Waals surface area contributed by atoms with Gasteiger partial charge in [-0.2, -0.15) is 0 Å². The molecule has 45 heavy (non-hydrogen) atoms. The van der Waals surface area contributed by atoms with Crippen LogP contribution in [0.15, 0.2) is 54.6 Å². The van der Waals surface area contributed by atoms with E-state index in [1.54, 1.807) is 50.2 Å². The minimum atomic E-state index is -1.33. The average Bonchev–Trinajstić information content (AvgIpc) is 3.01. The Kier molecular flexibility index (Phi) is 15.2. The highest BCUT2D eigenvalue weighted by Crippen LogP contribution is 2.13. The van der Waals surface area contributed by atoms with Crippen LogP contribution < -0.4 is 21.7 Å². The van der Waals surface area contributed by atoms with Crippen LogP contribution >= 0.6 is 0 Å². The maximum atomic E-state index is 13.3. The molecule has 0 saturated heterocycles. The molecule has 0 heterocycles. The molecular weight excluding hydrogens is 584 g/mol. The van der Waals surface area contributed by atoms with Crippen LogP contribution in [-0.2, 0) is 46.5 Å². The third-order valence-electron chi connectivity index (χ3n) is 6.90. The Morgan fingerprint density at radius 1 is 0.889 bits per heavy atom. The highest BCUT2D eigenvalue weighted by atomic mass is 16.5. The topological polar surface area (TPSA) is 214 Å². The van der Waals surface area contributed by atoms with E-state index in [4.69, 9.17) is 15.6 Å². The maximum Gasteiger partial charge on any atom is 0.323 e. The predicted octanol–water partition coefficient (Wildman–Crippen LogP) is 1.35. The second kappa shape index (κ2) is 18.8. The standard InChI is InChI=1S/C32H42N4O9/c1-20(2)29(36-27(39)16-13-21-11-14-24(38)15-12-21)31(43)35-26(30(42)34-23(18-37)17-28(40)41)10-6-9-25(33)32(44)45-19-22-7-4-3-5-8-22/h3-5,7-8,11-12,14-15,18,20,23,25-26,29,38H,6,9-10,13,16-17,19,33H2,1-2H3,(H,34,42)(H,35,43)(H,36,39)(H,40,41)/t23?,25?,26-,29-/m0/s1. The van der Waals surface area contributed by atoms with Gasteiger partial charge in [0.25, 0.3) is 0 Å². The molecule has 2 aromatic carbocycles. The number of carbonyl (C=O) groups is 6. The molecule has 0 radical (unpaired) electrons. The third kappa shape index (κ3) is 13.6. The lowest BCUT2D eigenvalue weighted by Gasteiger charge is -2.26. The fraction of sp³-hybridized carbons (Fsp3) is 0.438. The second-order valence-corrected chi connectivity index (χ2v) is 11.0. The second-order valence-electron chi connectivity index (χ2n) is 11.0. The molecule has 2 rings (SSSR count). The highest BCUT2D eigenvalue weighted by molar-refractivity contribution is 5.93. The Bertz CT molecular complexity index is 1290. The molecule has 2 aromatic rings. The van der Waals surface area contributed by atoms with Crippen molar-refractivity contribution in [1.29, 1.82) is 0 Å². The van der Waals surface area contributed by atoms with Crippen molar-refractivity contribution >= 4 is 35.9 Å². The van der Waals surface area contributed by atoms with Crippen LogP contribution in [0.3, 0.4) is 0 Å². The molecular formula is C32H42N4O9. The minimum Gasteiger partial charge on any atom is -0.508 e. The van der Waals surface area contributed by atoms with Gasteiger partial charge in [0.2, 0.25) is 17.7 Å². The molecule has 0 saturated carbocycles. The van der Waals surface area contributed by atoms with Crippen LogP contribution in [0.2, 0.25) is 0 Å². The van der Waals surface area contributed by atoms with Crippen molar-refractivity contribution in [3.63, 3.8) is 0 Å². The quantitative estimate of drug-likeness (QED) is 0.0972. The number of hydrogen-bond acceptors (Lipinski definition) is 9. The van der Waals surface area contributed by atoms with Gasteiger partial charge in [0.05, 0.1) is 12.5 Å². The van der Waals surface area contributed by atoms with Crippen LogP contribution in [0, 0.1) is 5.92 Å². The van der Waals surface area contributed by atoms with Crippen molar-refractivity contribution in [2.75, 3.05) is 0 Å². The zero-order valence-electron chi connectivity index (χ0n) is 25.4. The summed E-state index contributed by atoms with van der Waals surface area (Å²) >= 11 is 0. The molecule has 2 unspecified atom stereocenters. The number of phenolic OH excluding ortho intramolecular Hbond substituents is 1. The normalized spacial score (nSPS) is 13.5. The Balaban J connectivity index is 2.03. The fourth-order valence-corrected chi connectivity index (χ4v) is 4.33. The molecule has 0 bridgehead atoms. The molecule has 7 N–H and O–H groups in total. The smallest absolute Gasteiger partial charge is 0.323 e. The van der Waals surface area contributed by atoms with Gasteiger partial charge in [-0.1, -0.05) is 56.3 Å². The molecule has 13 heteroatoms. The van der Waals surface area contributed by atoms with Crippen LogP contribution in [0.5, 0.6) is 5.75 Å². The Morgan fingerprint density at radius 3 is 2.16 bits per heavy atom. The number of carbonyl (C=O) groups excluding carboxylic acids is 5. The monoisotopic (exact) mass is 626 g/mol. The van der Waals surface area contributed by atoms with Crippen molar-refractivity contribution < 1.29 is 43.7 Å². The summed E-state index contributed by atoms with van der Waals surface area (Å²) in [4.78, 5) is 73.9. The molecule has 13 nitrogen and oxygen atoms in total. The summed E-state index contributed by atoms with van der Waals surface area (Å²) in [5.41, 5.74) is 7.59. The number of aldehydes is 1. The van der Waals surface area contributed by atoms with Gasteiger partial charge >= 0.3 is 11.9 Å². The number of aromatic hydroxyl groups is 1. The Labute approximate surface area is 261 Å². The molecule has 0 aliphatic carbocycles. The Hall–Kier alpha value is -4.78. The van der Waals surface area contributed by atoms with Crippen LogP contribution in [-0.4, -0.2) is 70.3 Å². The first kappa shape index (κ1) is 36.4. The van der Waals surface area contributed by atoms with Crippen LogP contribution in [0.25, 0.3) is 0 Å². The van der Waals surface area contributed by atoms with Gasteiger partial charge in [0.15, 0.2) is 0 Å². The number of esters is 1. The van der Waals surface area contributed by atoms with Gasteiger partial charge in [0.1, 0.15) is 36.8 Å². The summed E-state index contributed by atoms with van der Waals surface area (Å²) in [7, 11) is 0. The van der Waals surface area contributed by atoms with E-state index in [1.165, 1.54) is 12.1 Å². The van der Waals surface area contributed by atoms with E-state index in [0.29, 0.717) is 6.42 Å². The number of hydrogen-bond donors (Lipinski definition) is 6. The molecule has 0 aliphatic heterocycles. The summed E-state index contributed by atoms with van der Waals surface area (Å²) in [6.07, 6.45) is 0.370. The van der Waals surface area contributed by atoms with Gasteiger partial charge < -0.3 is 41.4 Å². The fourth-order valence-electron chi connectivity index (χ4n) is 4.33. The molecule has 244 valence electrons. The summed E-state index contributed by atoms with van der Waals surface area (Å²) in [5.74, 6) is -4.07. The number of carboxylic acid groups (broad SMARTS) is 1. The number of phenols is 1. The lowest BCUT2D eigenvalue weighted by Crippen LogP contribution is -2.56. The van der Waals surface area contributed by atoms with Crippen molar-refractivity contribution in [2.45, 2.75) is 83.1 Å². The summed E-state index contributed by atoms with van der Waals surface area (Å²) in [6, 6.07) is 10.9. The summed E-state index contributed by atoms with van der Waals surface area (Å²) < 4.78 is 5.25. The van der Waals surface area contributed by atoms with E-state index >= 15 is 0 Å². The number of amides is 3. The minimum absolute atomic E-state index is 0.00446. The molecule has 4 atom stereocenters. The number of ether oxygens (including phenoxy) is 1. The first-order valence-corrected chi connectivity index (χ1v) is 14.7. The maximum absolute atomic E-state index is 13.3. The van der Waals surface area contributed by atoms with Gasteiger partial charge in [-0.05, 0) is 54.9 Å². The number of aliphatic carboxylic acids is 1. The van der Waals surface area contributed by atoms with Gasteiger partial charge in [0, 0.05) is 6.42 Å². The van der Waals surface area contributed by atoms with E-state index in [9.17, 15) is 33.9 Å². The molecule has 0 aromatic heterocycles. The van der Waals surface area contributed by atoms with Crippen LogP contribution in [0.4, 0.5) is 0 Å². The van der Waals surface area contributed by atoms with Crippen molar-refractivity contribution in [3.8, 4) is 5.75 Å². The van der Waals surface area contributed by atoms with Gasteiger partial charge in [-0.15, -0.1) is 0 Å². The lowest BCUT2D eigenvalue weighted by molar-refractivity contribution is -0.146. The summed E-state index contributed by atoms with van der Waals surface area (Å²) in [5, 5.41) is 26.1. The van der Waals surface area contributed by atoms with Gasteiger partial charge in [-0.3, -0.25) is 24.0 Å². The number of nitrogens with two attached hydrogens (primary N) is 1. The Morgan fingerprint density at radius 2 is 1.56 bits per heavy atom. The highest BCUT2D eigenvalue weighted by Gasteiger charge is 2.30. The number of benzene rings is 2. The predicted molar refractivity (Wildman–Crippen MR) is 163 cm³/mol. The SMILES string of the molecule is CC(C)[C@H](NC(=O)CCc1ccc(O)cc1)C(=O)N[C@@H](CCCC(N)C(=O)OCc1ccccc1)C(=O)NC(C=O)CC(=O)O. The number of nitrogens with one attached hydrogen (secondary N) is 3. The van der Waals surface area contributed by atoms with Crippen molar-refractivity contribution in [2.24, 2.45) is 11.7 Å². The molecule has 0 spiro atoms. The van der Waals surface area contributed by atoms with E-state index in [0.717, 1.165) is 11.1 Å². The number of rotatable bonds is 19. The number of aryl methyl sites for hydroxylation is 1. The zero-order valence-corrected chi connectivity index (χ0v) is 25.4. The molecule has 0 aliphatic rings. The van der Waals surface area contributed by atoms with Crippen molar-refractivity contribution in [3.05, 3.63) is 65.7 Å². The number of carboxylic acids is 1. The van der Waals surface area contributed by atoms with E-state index in [-0.39, 0.29) is 50.2 Å². The van der Waals surface area contributed by atoms with Crippen LogP contribution in [0.1, 0.15) is 57.1 Å². The molecule has 3 amide bonds. The largest absolute Gasteiger partial charge is 0.508 e. The van der Waals surface area contributed by atoms with E-state index in [2.05, 4.69) is 16.0 Å². The average molecular weight is 627 g/mol. The first-order valence-electron chi connectivity index (χ1n) is 14.7. The van der Waals surface area contributed by atoms with E-state index in [1.807, 2.05) is 6.07 Å². The zero-order chi connectivity index (χ0) is 33.4.